The van der Waals surface area contributed by atoms with E-state index in [1.807, 2.05) is 11.8 Å². The number of carboxylic acid groups (broad SMARTS) is 1. The number of piperidine rings is 1. The van der Waals surface area contributed by atoms with Gasteiger partial charge in [0.15, 0.2) is 0 Å². The van der Waals surface area contributed by atoms with Crippen molar-refractivity contribution in [2.45, 2.75) is 47.9 Å². The Hall–Kier alpha value is -2.05. The Kier molecular flexibility index (Phi) is 4.87. The van der Waals surface area contributed by atoms with Gasteiger partial charge in [-0.3, -0.25) is 10.3 Å². The van der Waals surface area contributed by atoms with Crippen molar-refractivity contribution in [2.75, 3.05) is 12.4 Å². The van der Waals surface area contributed by atoms with E-state index < -0.39 is 6.09 Å². The topological polar surface area (TPSA) is 65.5 Å². The summed E-state index contributed by atoms with van der Waals surface area (Å²) in [7, 11) is 2.28. The fraction of sp³-hybridized carbons (Fsp3) is 0.400. The summed E-state index contributed by atoms with van der Waals surface area (Å²) < 4.78 is 0. The molecule has 0 aliphatic carbocycles. The Labute approximate surface area is 157 Å². The molecule has 2 aliphatic rings. The summed E-state index contributed by atoms with van der Waals surface area (Å²) in [4.78, 5) is 18.8. The summed E-state index contributed by atoms with van der Waals surface area (Å²) >= 11 is 2.00. The lowest BCUT2D eigenvalue weighted by Crippen LogP contribution is -2.40. The van der Waals surface area contributed by atoms with Gasteiger partial charge in [-0.15, -0.1) is 11.8 Å². The Morgan fingerprint density at radius 1 is 1.15 bits per heavy atom. The van der Waals surface area contributed by atoms with Gasteiger partial charge in [0.1, 0.15) is 0 Å². The summed E-state index contributed by atoms with van der Waals surface area (Å²) in [6, 6.07) is 11.8. The predicted molar refractivity (Wildman–Crippen MR) is 105 cm³/mol. The van der Waals surface area contributed by atoms with Gasteiger partial charge in [0.2, 0.25) is 0 Å². The van der Waals surface area contributed by atoms with Gasteiger partial charge in [-0.25, -0.2) is 4.79 Å². The highest BCUT2D eigenvalue weighted by atomic mass is 32.2. The molecule has 0 radical (unpaired) electrons. The van der Waals surface area contributed by atoms with Gasteiger partial charge in [0, 0.05) is 34.0 Å². The van der Waals surface area contributed by atoms with E-state index in [9.17, 15) is 4.79 Å². The van der Waals surface area contributed by atoms with Gasteiger partial charge in [0.05, 0.1) is 11.9 Å². The SMILES string of the molecule is CN1[C@@H]2CC[C@H]1CC(Sc1ccc(-c3cncc(NC(=O)O)c3)cc1)C2. The summed E-state index contributed by atoms with van der Waals surface area (Å²) in [6.07, 6.45) is 7.46. The van der Waals surface area contributed by atoms with E-state index in [2.05, 4.69) is 46.5 Å². The van der Waals surface area contributed by atoms with Crippen molar-refractivity contribution in [1.29, 1.82) is 0 Å². The summed E-state index contributed by atoms with van der Waals surface area (Å²) in [5.74, 6) is 0. The van der Waals surface area contributed by atoms with E-state index >= 15 is 0 Å². The molecule has 2 bridgehead atoms. The van der Waals surface area contributed by atoms with Gasteiger partial charge < -0.3 is 10.0 Å². The number of fused-ring (bicyclic) bond motifs is 2. The average Bonchev–Trinajstić information content (AvgIpc) is 2.83. The second kappa shape index (κ2) is 7.29. The van der Waals surface area contributed by atoms with Gasteiger partial charge in [0.25, 0.3) is 0 Å². The van der Waals surface area contributed by atoms with Crippen LogP contribution in [0.2, 0.25) is 0 Å². The lowest BCUT2D eigenvalue weighted by molar-refractivity contribution is 0.183. The number of aromatic nitrogens is 1. The molecule has 4 rings (SSSR count). The van der Waals surface area contributed by atoms with Crippen LogP contribution in [0.15, 0.2) is 47.6 Å². The summed E-state index contributed by atoms with van der Waals surface area (Å²) in [6.45, 7) is 0. The number of amides is 1. The number of anilines is 1. The molecular weight excluding hydrogens is 346 g/mol. The molecule has 3 atom stereocenters. The third-order valence-electron chi connectivity index (χ3n) is 5.53. The highest BCUT2D eigenvalue weighted by Crippen LogP contribution is 2.41. The third kappa shape index (κ3) is 3.71. The van der Waals surface area contributed by atoms with Crippen molar-refractivity contribution in [1.82, 2.24) is 9.88 Å². The Balaban J connectivity index is 1.43. The fourth-order valence-electron chi connectivity index (χ4n) is 4.17. The van der Waals surface area contributed by atoms with Crippen LogP contribution in [0, 0.1) is 0 Å². The molecule has 2 aliphatic heterocycles. The van der Waals surface area contributed by atoms with E-state index in [4.69, 9.17) is 5.11 Å². The highest BCUT2D eigenvalue weighted by molar-refractivity contribution is 8.00. The molecule has 2 aromatic rings. The van der Waals surface area contributed by atoms with Crippen LogP contribution in [-0.4, -0.2) is 45.5 Å². The number of nitrogens with one attached hydrogen (secondary N) is 1. The molecule has 3 heterocycles. The van der Waals surface area contributed by atoms with E-state index in [0.29, 0.717) is 10.9 Å². The second-order valence-corrected chi connectivity index (χ2v) is 8.55. The minimum absolute atomic E-state index is 0.482. The maximum absolute atomic E-state index is 10.8. The first-order chi connectivity index (χ1) is 12.6. The minimum Gasteiger partial charge on any atom is -0.465 e. The number of pyridine rings is 1. The molecule has 0 spiro atoms. The second-order valence-electron chi connectivity index (χ2n) is 7.18. The zero-order chi connectivity index (χ0) is 18.1. The van der Waals surface area contributed by atoms with E-state index in [0.717, 1.165) is 23.2 Å². The molecule has 1 aromatic heterocycles. The molecule has 1 amide bonds. The lowest BCUT2D eigenvalue weighted by atomic mass is 10.0. The standard InChI is InChI=1S/C20H23N3O2S/c1-23-16-4-5-17(23)10-19(9-16)26-18-6-2-13(3-7-18)14-8-15(12-21-11-14)22-20(24)25/h2-3,6-8,11-12,16-17,19,22H,4-5,9-10H2,1H3,(H,24,25)/t16-,17+,19?. The van der Waals surface area contributed by atoms with Crippen molar-refractivity contribution >= 4 is 23.5 Å². The van der Waals surface area contributed by atoms with Crippen molar-refractivity contribution < 1.29 is 9.90 Å². The van der Waals surface area contributed by atoms with Gasteiger partial charge in [-0.05, 0) is 56.5 Å². The van der Waals surface area contributed by atoms with Crippen LogP contribution in [-0.2, 0) is 0 Å². The normalized spacial score (nSPS) is 25.2. The van der Waals surface area contributed by atoms with E-state index in [1.165, 1.54) is 36.8 Å². The molecule has 26 heavy (non-hydrogen) atoms. The number of benzene rings is 1. The number of thioether (sulfide) groups is 1. The fourth-order valence-corrected chi connectivity index (χ4v) is 5.48. The van der Waals surface area contributed by atoms with Crippen LogP contribution in [0.25, 0.3) is 11.1 Å². The number of nitrogens with zero attached hydrogens (tertiary/aromatic N) is 2. The number of hydrogen-bond acceptors (Lipinski definition) is 4. The van der Waals surface area contributed by atoms with Crippen LogP contribution in [0.4, 0.5) is 10.5 Å². The van der Waals surface area contributed by atoms with Crippen LogP contribution in [0.1, 0.15) is 25.7 Å². The number of hydrogen-bond donors (Lipinski definition) is 2. The van der Waals surface area contributed by atoms with Crippen molar-refractivity contribution in [3.05, 3.63) is 42.7 Å². The van der Waals surface area contributed by atoms with Crippen LogP contribution in [0.5, 0.6) is 0 Å². The van der Waals surface area contributed by atoms with Crippen LogP contribution < -0.4 is 5.32 Å². The molecule has 1 aromatic carbocycles. The molecular formula is C20H23N3O2S. The number of rotatable bonds is 4. The Morgan fingerprint density at radius 3 is 2.50 bits per heavy atom. The maximum Gasteiger partial charge on any atom is 0.409 e. The molecule has 2 saturated heterocycles. The van der Waals surface area contributed by atoms with E-state index in [-0.39, 0.29) is 0 Å². The monoisotopic (exact) mass is 369 g/mol. The largest absolute Gasteiger partial charge is 0.465 e. The molecule has 2 N–H and O–H groups in total. The summed E-state index contributed by atoms with van der Waals surface area (Å²) in [5.41, 5.74) is 2.43. The van der Waals surface area contributed by atoms with Crippen molar-refractivity contribution in [3.8, 4) is 11.1 Å². The lowest BCUT2D eigenvalue weighted by Gasteiger charge is -2.36. The zero-order valence-corrected chi connectivity index (χ0v) is 15.6. The predicted octanol–water partition coefficient (Wildman–Crippen LogP) is 4.56. The Bertz CT molecular complexity index is 782. The van der Waals surface area contributed by atoms with Crippen LogP contribution in [0.3, 0.4) is 0 Å². The van der Waals surface area contributed by atoms with Gasteiger partial charge >= 0.3 is 6.09 Å². The first kappa shape index (κ1) is 17.4. The first-order valence-corrected chi connectivity index (χ1v) is 9.90. The molecule has 5 nitrogen and oxygen atoms in total. The quantitative estimate of drug-likeness (QED) is 0.827. The summed E-state index contributed by atoms with van der Waals surface area (Å²) in [5, 5.41) is 11.9. The van der Waals surface area contributed by atoms with Crippen molar-refractivity contribution in [2.24, 2.45) is 0 Å². The zero-order valence-electron chi connectivity index (χ0n) is 14.8. The molecule has 2 fully saturated rings. The minimum atomic E-state index is -1.08. The van der Waals surface area contributed by atoms with Crippen LogP contribution >= 0.6 is 11.8 Å². The Morgan fingerprint density at radius 2 is 1.85 bits per heavy atom. The molecule has 1 unspecified atom stereocenters. The highest BCUT2D eigenvalue weighted by Gasteiger charge is 2.38. The molecule has 136 valence electrons. The molecule has 6 heteroatoms. The molecule has 0 saturated carbocycles. The van der Waals surface area contributed by atoms with E-state index in [1.54, 1.807) is 12.3 Å². The third-order valence-corrected chi connectivity index (χ3v) is 6.80. The smallest absolute Gasteiger partial charge is 0.409 e. The van der Waals surface area contributed by atoms with Gasteiger partial charge in [-0.2, -0.15) is 0 Å². The van der Waals surface area contributed by atoms with Gasteiger partial charge in [-0.1, -0.05) is 12.1 Å². The number of carbonyl (C=O) groups is 1. The van der Waals surface area contributed by atoms with Crippen molar-refractivity contribution in [3.63, 3.8) is 0 Å². The average molecular weight is 369 g/mol. The maximum atomic E-state index is 10.8. The first-order valence-electron chi connectivity index (χ1n) is 9.02.